The number of carbonyl (C=O) groups excluding carboxylic acids is 2. The SMILES string of the molecule is CSC(=O)C(NC(C)=O)(SC)C(C)C. The third-order valence-corrected chi connectivity index (χ3v) is 4.21. The zero-order chi connectivity index (χ0) is 11.4. The molecular weight excluding hydrogens is 218 g/mol. The van der Waals surface area contributed by atoms with Crippen molar-refractivity contribution in [3.05, 3.63) is 0 Å². The number of carbonyl (C=O) groups is 2. The van der Waals surface area contributed by atoms with Crippen LogP contribution >= 0.6 is 23.5 Å². The summed E-state index contributed by atoms with van der Waals surface area (Å²) < 4.78 is 0. The van der Waals surface area contributed by atoms with Crippen molar-refractivity contribution >= 4 is 34.5 Å². The molecule has 0 aromatic carbocycles. The lowest BCUT2D eigenvalue weighted by Gasteiger charge is -2.34. The molecule has 0 aliphatic heterocycles. The van der Waals surface area contributed by atoms with Gasteiger partial charge >= 0.3 is 0 Å². The van der Waals surface area contributed by atoms with Crippen molar-refractivity contribution in [3.63, 3.8) is 0 Å². The van der Waals surface area contributed by atoms with Crippen molar-refractivity contribution < 1.29 is 9.59 Å². The first kappa shape index (κ1) is 13.8. The zero-order valence-electron chi connectivity index (χ0n) is 9.21. The van der Waals surface area contributed by atoms with Crippen molar-refractivity contribution in [1.29, 1.82) is 0 Å². The summed E-state index contributed by atoms with van der Waals surface area (Å²) in [5, 5.41) is 2.74. The Morgan fingerprint density at radius 3 is 2.00 bits per heavy atom. The number of rotatable bonds is 4. The van der Waals surface area contributed by atoms with Gasteiger partial charge in [0, 0.05) is 6.92 Å². The highest BCUT2D eigenvalue weighted by molar-refractivity contribution is 8.15. The van der Waals surface area contributed by atoms with Gasteiger partial charge in [-0.3, -0.25) is 9.59 Å². The minimum Gasteiger partial charge on any atom is -0.334 e. The van der Waals surface area contributed by atoms with Gasteiger partial charge in [-0.25, -0.2) is 0 Å². The summed E-state index contributed by atoms with van der Waals surface area (Å²) in [7, 11) is 0. The van der Waals surface area contributed by atoms with Crippen molar-refractivity contribution in [1.82, 2.24) is 5.32 Å². The first-order valence-electron chi connectivity index (χ1n) is 4.33. The van der Waals surface area contributed by atoms with Crippen LogP contribution < -0.4 is 5.32 Å². The lowest BCUT2D eigenvalue weighted by Crippen LogP contribution is -2.53. The maximum atomic E-state index is 11.8. The summed E-state index contributed by atoms with van der Waals surface area (Å²) in [5.74, 6) is -0.100. The smallest absolute Gasteiger partial charge is 0.224 e. The minimum atomic E-state index is -0.786. The second kappa shape index (κ2) is 5.66. The first-order chi connectivity index (χ1) is 6.40. The van der Waals surface area contributed by atoms with Crippen LogP contribution in [-0.2, 0) is 9.59 Å². The van der Waals surface area contributed by atoms with Crippen LogP contribution in [0.5, 0.6) is 0 Å². The minimum absolute atomic E-state index is 0.00444. The van der Waals surface area contributed by atoms with E-state index < -0.39 is 4.87 Å². The lowest BCUT2D eigenvalue weighted by molar-refractivity contribution is -0.124. The van der Waals surface area contributed by atoms with Crippen molar-refractivity contribution in [3.8, 4) is 0 Å². The third-order valence-electron chi connectivity index (χ3n) is 1.99. The predicted octanol–water partition coefficient (Wildman–Crippen LogP) is 1.73. The summed E-state index contributed by atoms with van der Waals surface area (Å²) in [6.45, 7) is 5.29. The first-order valence-corrected chi connectivity index (χ1v) is 6.78. The Kier molecular flexibility index (Phi) is 5.59. The number of thioether (sulfide) groups is 2. The highest BCUT2D eigenvalue weighted by atomic mass is 32.2. The van der Waals surface area contributed by atoms with E-state index in [4.69, 9.17) is 0 Å². The van der Waals surface area contributed by atoms with Gasteiger partial charge in [0.1, 0.15) is 0 Å². The summed E-state index contributed by atoms with van der Waals surface area (Å²) in [6.07, 6.45) is 3.57. The molecule has 0 fully saturated rings. The van der Waals surface area contributed by atoms with Gasteiger partial charge in [0.25, 0.3) is 0 Å². The van der Waals surface area contributed by atoms with Gasteiger partial charge in [0.05, 0.1) is 0 Å². The Balaban J connectivity index is 4.97. The normalized spacial score (nSPS) is 15.0. The van der Waals surface area contributed by atoms with Crippen LogP contribution in [0.15, 0.2) is 0 Å². The molecule has 0 rings (SSSR count). The maximum absolute atomic E-state index is 11.8. The Morgan fingerprint density at radius 1 is 1.29 bits per heavy atom. The van der Waals surface area contributed by atoms with E-state index in [1.165, 1.54) is 18.7 Å². The Morgan fingerprint density at radius 2 is 1.79 bits per heavy atom. The topological polar surface area (TPSA) is 46.2 Å². The molecule has 0 spiro atoms. The molecule has 1 amide bonds. The van der Waals surface area contributed by atoms with Crippen LogP contribution in [0.3, 0.4) is 0 Å². The van der Waals surface area contributed by atoms with Crippen molar-refractivity contribution in [2.24, 2.45) is 5.92 Å². The highest BCUT2D eigenvalue weighted by Gasteiger charge is 2.41. The molecule has 14 heavy (non-hydrogen) atoms. The van der Waals surface area contributed by atoms with Gasteiger partial charge in [-0.2, -0.15) is 0 Å². The number of nitrogens with one attached hydrogen (secondary N) is 1. The average Bonchev–Trinajstić information content (AvgIpc) is 2.12. The van der Waals surface area contributed by atoms with Crippen LogP contribution in [-0.4, -0.2) is 28.4 Å². The zero-order valence-corrected chi connectivity index (χ0v) is 10.8. The van der Waals surface area contributed by atoms with Gasteiger partial charge in [-0.1, -0.05) is 25.6 Å². The van der Waals surface area contributed by atoms with Gasteiger partial charge < -0.3 is 5.32 Å². The Hall–Kier alpha value is -0.160. The van der Waals surface area contributed by atoms with E-state index in [2.05, 4.69) is 5.32 Å². The molecule has 0 heterocycles. The van der Waals surface area contributed by atoms with Crippen molar-refractivity contribution in [2.75, 3.05) is 12.5 Å². The molecule has 0 aliphatic carbocycles. The van der Waals surface area contributed by atoms with Crippen LogP contribution in [0.2, 0.25) is 0 Å². The summed E-state index contributed by atoms with van der Waals surface area (Å²) in [6, 6.07) is 0. The van der Waals surface area contributed by atoms with Crippen LogP contribution in [0.25, 0.3) is 0 Å². The molecular formula is C9H17NO2S2. The molecule has 5 heteroatoms. The molecule has 0 aliphatic rings. The number of amides is 1. The van der Waals surface area contributed by atoms with Crippen LogP contribution in [0, 0.1) is 5.92 Å². The molecule has 3 nitrogen and oxygen atoms in total. The molecule has 0 bridgehead atoms. The van der Waals surface area contributed by atoms with Crippen molar-refractivity contribution in [2.45, 2.75) is 25.6 Å². The predicted molar refractivity (Wildman–Crippen MR) is 63.4 cm³/mol. The second-order valence-electron chi connectivity index (χ2n) is 3.27. The fraction of sp³-hybridized carbons (Fsp3) is 0.778. The highest BCUT2D eigenvalue weighted by Crippen LogP contribution is 2.32. The Labute approximate surface area is 93.8 Å². The average molecular weight is 235 g/mol. The number of hydrogen-bond acceptors (Lipinski definition) is 4. The molecule has 0 aromatic heterocycles. The van der Waals surface area contributed by atoms with E-state index in [1.807, 2.05) is 20.1 Å². The fourth-order valence-corrected chi connectivity index (χ4v) is 3.19. The molecule has 0 saturated carbocycles. The quantitative estimate of drug-likeness (QED) is 0.754. The van der Waals surface area contributed by atoms with E-state index in [1.54, 1.807) is 6.26 Å². The monoisotopic (exact) mass is 235 g/mol. The summed E-state index contributed by atoms with van der Waals surface area (Å²) in [5.41, 5.74) is 0. The number of hydrogen-bond donors (Lipinski definition) is 1. The Bertz CT molecular complexity index is 231. The maximum Gasteiger partial charge on any atom is 0.224 e. The fourth-order valence-electron chi connectivity index (χ4n) is 1.21. The summed E-state index contributed by atoms with van der Waals surface area (Å²) >= 11 is 2.54. The molecule has 1 N–H and O–H groups in total. The van der Waals surface area contributed by atoms with Gasteiger partial charge in [-0.05, 0) is 18.4 Å². The van der Waals surface area contributed by atoms with Crippen LogP contribution in [0.4, 0.5) is 0 Å². The van der Waals surface area contributed by atoms with E-state index in [0.717, 1.165) is 11.8 Å². The molecule has 1 unspecified atom stereocenters. The van der Waals surface area contributed by atoms with Gasteiger partial charge in [0.15, 0.2) is 4.87 Å². The van der Waals surface area contributed by atoms with Crippen LogP contribution in [0.1, 0.15) is 20.8 Å². The van der Waals surface area contributed by atoms with E-state index >= 15 is 0 Å². The summed E-state index contributed by atoms with van der Waals surface area (Å²) in [4.78, 5) is 22.0. The van der Waals surface area contributed by atoms with Gasteiger partial charge in [0.2, 0.25) is 11.0 Å². The standard InChI is InChI=1S/C9H17NO2S2/c1-6(2)9(14-5,8(12)13-4)10-7(3)11/h6H,1-5H3,(H,10,11). The lowest BCUT2D eigenvalue weighted by atomic mass is 10.0. The van der Waals surface area contributed by atoms with Gasteiger partial charge in [-0.15, -0.1) is 11.8 Å². The van der Waals surface area contributed by atoms with E-state index in [-0.39, 0.29) is 16.9 Å². The molecule has 0 radical (unpaired) electrons. The third kappa shape index (κ3) is 2.92. The molecule has 1 atom stereocenters. The van der Waals surface area contributed by atoms with E-state index in [0.29, 0.717) is 0 Å². The largest absolute Gasteiger partial charge is 0.334 e. The van der Waals surface area contributed by atoms with E-state index in [9.17, 15) is 9.59 Å². The molecule has 0 saturated heterocycles. The second-order valence-corrected chi connectivity index (χ2v) is 5.10. The molecule has 82 valence electrons. The molecule has 0 aromatic rings.